The molecule has 2 rings (SSSR count). The molecule has 0 bridgehead atoms. The zero-order valence-corrected chi connectivity index (χ0v) is 10.6. The molecule has 100 valence electrons. The lowest BCUT2D eigenvalue weighted by molar-refractivity contribution is 0.251. The Morgan fingerprint density at radius 2 is 2.11 bits per heavy atom. The molecule has 4 N–H and O–H groups in total. The molecule has 0 saturated carbocycles. The van der Waals surface area contributed by atoms with Gasteiger partial charge in [0, 0.05) is 19.3 Å². The van der Waals surface area contributed by atoms with Gasteiger partial charge in [0.1, 0.15) is 6.33 Å². The van der Waals surface area contributed by atoms with Gasteiger partial charge < -0.3 is 16.4 Å². The number of nitrogens with two attached hydrogens (primary N) is 1. The minimum atomic E-state index is -0.298. The number of nitrogens with zero attached hydrogens (tertiary/aromatic N) is 3. The molecule has 1 aromatic carbocycles. The van der Waals surface area contributed by atoms with Crippen LogP contribution in [0.15, 0.2) is 30.6 Å². The third-order valence-corrected chi connectivity index (χ3v) is 2.50. The van der Waals surface area contributed by atoms with Crippen LogP contribution in [0.5, 0.6) is 0 Å². The summed E-state index contributed by atoms with van der Waals surface area (Å²) >= 11 is 0. The van der Waals surface area contributed by atoms with Gasteiger partial charge in [0.2, 0.25) is 0 Å². The fraction of sp³-hybridized carbons (Fsp3) is 0.250. The first kappa shape index (κ1) is 13.0. The Bertz CT molecular complexity index is 548. The molecule has 0 atom stereocenters. The van der Waals surface area contributed by atoms with Gasteiger partial charge in [-0.1, -0.05) is 12.1 Å². The molecule has 19 heavy (non-hydrogen) atoms. The van der Waals surface area contributed by atoms with Crippen molar-refractivity contribution >= 4 is 11.7 Å². The zero-order valence-electron chi connectivity index (χ0n) is 10.6. The minimum Gasteiger partial charge on any atom is -0.330 e. The number of hydrogen-bond donors (Lipinski definition) is 3. The third kappa shape index (κ3) is 3.78. The number of anilines is 1. The van der Waals surface area contributed by atoms with E-state index in [9.17, 15) is 4.79 Å². The van der Waals surface area contributed by atoms with Crippen molar-refractivity contribution in [2.45, 2.75) is 13.1 Å². The van der Waals surface area contributed by atoms with E-state index in [1.807, 2.05) is 12.1 Å². The van der Waals surface area contributed by atoms with Crippen LogP contribution in [0.2, 0.25) is 0 Å². The summed E-state index contributed by atoms with van der Waals surface area (Å²) in [7, 11) is 1.77. The van der Waals surface area contributed by atoms with Crippen LogP contribution < -0.4 is 16.4 Å². The molecule has 0 radical (unpaired) electrons. The molecule has 0 fully saturated rings. The van der Waals surface area contributed by atoms with E-state index in [0.717, 1.165) is 5.56 Å². The first-order valence-corrected chi connectivity index (χ1v) is 5.86. The summed E-state index contributed by atoms with van der Waals surface area (Å²) in [4.78, 5) is 15.7. The highest BCUT2D eigenvalue weighted by Crippen LogP contribution is 2.08. The molecule has 2 amide bonds. The Labute approximate surface area is 110 Å². The number of aryl methyl sites for hydroxylation is 1. The average molecular weight is 260 g/mol. The summed E-state index contributed by atoms with van der Waals surface area (Å²) in [6.45, 7) is 0.769. The Morgan fingerprint density at radius 3 is 2.68 bits per heavy atom. The summed E-state index contributed by atoms with van der Waals surface area (Å²) in [5, 5.41) is 9.45. The Balaban J connectivity index is 1.83. The normalized spacial score (nSPS) is 10.2. The predicted molar refractivity (Wildman–Crippen MR) is 71.2 cm³/mol. The first-order valence-electron chi connectivity index (χ1n) is 5.86. The van der Waals surface area contributed by atoms with E-state index in [1.165, 1.54) is 0 Å². The van der Waals surface area contributed by atoms with Crippen molar-refractivity contribution in [2.75, 3.05) is 5.32 Å². The van der Waals surface area contributed by atoms with Crippen LogP contribution in [0.4, 0.5) is 10.5 Å². The van der Waals surface area contributed by atoms with Crippen LogP contribution in [0, 0.1) is 0 Å². The molecule has 0 aliphatic rings. The molecule has 0 unspecified atom stereocenters. The molecule has 1 heterocycles. The molecular formula is C12H16N6O. The summed E-state index contributed by atoms with van der Waals surface area (Å²) < 4.78 is 1.58. The second-order valence-corrected chi connectivity index (χ2v) is 4.04. The van der Waals surface area contributed by atoms with E-state index < -0.39 is 0 Å². The van der Waals surface area contributed by atoms with Crippen molar-refractivity contribution < 1.29 is 4.79 Å². The number of urea groups is 1. The van der Waals surface area contributed by atoms with Gasteiger partial charge in [-0.15, -0.1) is 0 Å². The number of benzene rings is 1. The second kappa shape index (κ2) is 5.96. The monoisotopic (exact) mass is 260 g/mol. The van der Waals surface area contributed by atoms with Crippen molar-refractivity contribution in [3.05, 3.63) is 42.0 Å². The van der Waals surface area contributed by atoms with E-state index in [2.05, 4.69) is 20.7 Å². The molecule has 0 spiro atoms. The lowest BCUT2D eigenvalue weighted by Crippen LogP contribution is -2.28. The van der Waals surface area contributed by atoms with Crippen molar-refractivity contribution in [2.24, 2.45) is 12.8 Å². The third-order valence-electron chi connectivity index (χ3n) is 2.50. The number of nitrogens with one attached hydrogen (secondary N) is 2. The van der Waals surface area contributed by atoms with Crippen LogP contribution >= 0.6 is 0 Å². The Kier molecular flexibility index (Phi) is 4.09. The topological polar surface area (TPSA) is 97.9 Å². The van der Waals surface area contributed by atoms with Crippen LogP contribution in [-0.4, -0.2) is 20.8 Å². The van der Waals surface area contributed by atoms with E-state index in [4.69, 9.17) is 5.73 Å². The fourth-order valence-corrected chi connectivity index (χ4v) is 1.52. The molecule has 7 heteroatoms. The number of carbonyl (C=O) groups is 1. The maximum Gasteiger partial charge on any atom is 0.319 e. The summed E-state index contributed by atoms with van der Waals surface area (Å²) in [5.74, 6) is 0.566. The average Bonchev–Trinajstić information content (AvgIpc) is 2.83. The van der Waals surface area contributed by atoms with Crippen LogP contribution in [0.1, 0.15) is 11.4 Å². The lowest BCUT2D eigenvalue weighted by atomic mass is 10.2. The quantitative estimate of drug-likeness (QED) is 0.749. The van der Waals surface area contributed by atoms with Crippen molar-refractivity contribution in [3.63, 3.8) is 0 Å². The Morgan fingerprint density at radius 1 is 1.37 bits per heavy atom. The molecule has 1 aromatic heterocycles. The van der Waals surface area contributed by atoms with Gasteiger partial charge in [0.15, 0.2) is 5.82 Å². The van der Waals surface area contributed by atoms with Gasteiger partial charge in [0.25, 0.3) is 0 Å². The summed E-state index contributed by atoms with van der Waals surface area (Å²) in [6, 6.07) is 7.06. The van der Waals surface area contributed by atoms with Gasteiger partial charge in [-0.05, 0) is 17.7 Å². The maximum absolute atomic E-state index is 11.6. The number of aromatic nitrogens is 3. The van der Waals surface area contributed by atoms with Gasteiger partial charge in [-0.25, -0.2) is 9.78 Å². The first-order chi connectivity index (χ1) is 9.17. The van der Waals surface area contributed by atoms with Crippen LogP contribution in [0.3, 0.4) is 0 Å². The van der Waals surface area contributed by atoms with Crippen molar-refractivity contribution in [1.29, 1.82) is 0 Å². The lowest BCUT2D eigenvalue weighted by Gasteiger charge is -2.06. The molecule has 0 saturated heterocycles. The smallest absolute Gasteiger partial charge is 0.319 e. The number of hydrogen-bond acceptors (Lipinski definition) is 4. The SMILES string of the molecule is Cn1cnc(CNC(=O)Nc2ccc(CN)cc2)n1. The number of amides is 2. The highest BCUT2D eigenvalue weighted by atomic mass is 16.2. The maximum atomic E-state index is 11.6. The standard InChI is InChI=1S/C12H16N6O/c1-18-8-15-11(17-18)7-14-12(19)16-10-4-2-9(6-13)3-5-10/h2-5,8H,6-7,13H2,1H3,(H2,14,16,19). The minimum absolute atomic E-state index is 0.285. The molecule has 7 nitrogen and oxygen atoms in total. The molecule has 0 aliphatic heterocycles. The van der Waals surface area contributed by atoms with Gasteiger partial charge >= 0.3 is 6.03 Å². The second-order valence-electron chi connectivity index (χ2n) is 4.04. The van der Waals surface area contributed by atoms with E-state index in [0.29, 0.717) is 18.1 Å². The van der Waals surface area contributed by atoms with Gasteiger partial charge in [-0.2, -0.15) is 5.10 Å². The van der Waals surface area contributed by atoms with Crippen LogP contribution in [0.25, 0.3) is 0 Å². The molecular weight excluding hydrogens is 244 g/mol. The van der Waals surface area contributed by atoms with Gasteiger partial charge in [0.05, 0.1) is 6.54 Å². The predicted octanol–water partition coefficient (Wildman–Crippen LogP) is 0.595. The van der Waals surface area contributed by atoms with Gasteiger partial charge in [-0.3, -0.25) is 4.68 Å². The van der Waals surface area contributed by atoms with E-state index in [1.54, 1.807) is 30.2 Å². The van der Waals surface area contributed by atoms with Crippen LogP contribution in [-0.2, 0) is 20.1 Å². The molecule has 2 aromatic rings. The van der Waals surface area contributed by atoms with E-state index >= 15 is 0 Å². The Hall–Kier alpha value is -2.41. The largest absolute Gasteiger partial charge is 0.330 e. The summed E-state index contributed by atoms with van der Waals surface area (Å²) in [5.41, 5.74) is 7.23. The van der Waals surface area contributed by atoms with E-state index in [-0.39, 0.29) is 12.6 Å². The highest BCUT2D eigenvalue weighted by molar-refractivity contribution is 5.89. The van der Waals surface area contributed by atoms with Crippen molar-refractivity contribution in [1.82, 2.24) is 20.1 Å². The summed E-state index contributed by atoms with van der Waals surface area (Å²) in [6.07, 6.45) is 1.58. The molecule has 0 aliphatic carbocycles. The number of rotatable bonds is 4. The number of carbonyl (C=O) groups excluding carboxylic acids is 1. The van der Waals surface area contributed by atoms with Crippen molar-refractivity contribution in [3.8, 4) is 0 Å². The highest BCUT2D eigenvalue weighted by Gasteiger charge is 2.04. The fourth-order valence-electron chi connectivity index (χ4n) is 1.52. The zero-order chi connectivity index (χ0) is 13.7.